The molecule has 0 aliphatic carbocycles. The first-order valence-corrected chi connectivity index (χ1v) is 11.1. The number of primary amides is 1. The molecule has 0 radical (unpaired) electrons. The summed E-state index contributed by atoms with van der Waals surface area (Å²) in [5, 5.41) is 5.60. The SMILES string of the molecule is NC[C@@]1(F)C[C@@H](C(=O)NCc2cccc(Cl)c2F)N(C(=O)Nc2cn(C(N)=O)c3ccccc23)C1. The summed E-state index contributed by atoms with van der Waals surface area (Å²) in [5.41, 5.74) is 9.87. The minimum Gasteiger partial charge on any atom is -0.351 e. The van der Waals surface area contributed by atoms with Crippen LogP contribution in [0.1, 0.15) is 12.0 Å². The summed E-state index contributed by atoms with van der Waals surface area (Å²) in [6.07, 6.45) is 1.02. The first kappa shape index (κ1) is 24.4. The lowest BCUT2D eigenvalue weighted by atomic mass is 10.0. The number of nitrogens with two attached hydrogens (primary N) is 2. The van der Waals surface area contributed by atoms with Crippen molar-refractivity contribution in [2.75, 3.05) is 18.4 Å². The Morgan fingerprint density at radius 2 is 1.91 bits per heavy atom. The lowest BCUT2D eigenvalue weighted by Crippen LogP contribution is -2.47. The second kappa shape index (κ2) is 9.51. The molecule has 35 heavy (non-hydrogen) atoms. The second-order valence-electron chi connectivity index (χ2n) is 8.33. The van der Waals surface area contributed by atoms with Crippen LogP contribution in [0, 0.1) is 5.82 Å². The van der Waals surface area contributed by atoms with Gasteiger partial charge < -0.3 is 27.0 Å². The second-order valence-corrected chi connectivity index (χ2v) is 8.74. The number of aromatic nitrogens is 1. The summed E-state index contributed by atoms with van der Waals surface area (Å²) in [6, 6.07) is 8.39. The highest BCUT2D eigenvalue weighted by atomic mass is 35.5. The lowest BCUT2D eigenvalue weighted by Gasteiger charge is -2.24. The van der Waals surface area contributed by atoms with E-state index in [9.17, 15) is 18.8 Å². The number of urea groups is 1. The smallest absolute Gasteiger partial charge is 0.323 e. The minimum atomic E-state index is -1.98. The number of amides is 4. The number of anilines is 1. The molecular weight excluding hydrogens is 482 g/mol. The molecule has 0 spiro atoms. The van der Waals surface area contributed by atoms with E-state index in [-0.39, 0.29) is 29.2 Å². The van der Waals surface area contributed by atoms with Crippen LogP contribution in [0.4, 0.5) is 24.1 Å². The van der Waals surface area contributed by atoms with Gasteiger partial charge in [-0.25, -0.2) is 18.4 Å². The summed E-state index contributed by atoms with van der Waals surface area (Å²) in [7, 11) is 0. The van der Waals surface area contributed by atoms with Gasteiger partial charge in [-0.1, -0.05) is 41.9 Å². The van der Waals surface area contributed by atoms with Crippen LogP contribution in [0.3, 0.4) is 0 Å². The number of hydrogen-bond acceptors (Lipinski definition) is 4. The number of carbonyl (C=O) groups is 3. The van der Waals surface area contributed by atoms with Gasteiger partial charge >= 0.3 is 12.1 Å². The number of nitrogens with zero attached hydrogens (tertiary/aromatic N) is 2. The van der Waals surface area contributed by atoms with Crippen molar-refractivity contribution in [2.45, 2.75) is 24.7 Å². The molecule has 2 atom stereocenters. The molecule has 4 rings (SSSR count). The van der Waals surface area contributed by atoms with Gasteiger partial charge in [-0.05, 0) is 12.1 Å². The molecule has 1 aliphatic rings. The van der Waals surface area contributed by atoms with Gasteiger partial charge in [-0.2, -0.15) is 0 Å². The number of para-hydroxylation sites is 1. The van der Waals surface area contributed by atoms with Gasteiger partial charge in [0, 0.05) is 36.7 Å². The van der Waals surface area contributed by atoms with Gasteiger partial charge in [0.1, 0.15) is 17.5 Å². The fourth-order valence-corrected chi connectivity index (χ4v) is 4.36. The summed E-state index contributed by atoms with van der Waals surface area (Å²) in [4.78, 5) is 38.9. The van der Waals surface area contributed by atoms with Crippen LogP contribution in [0.15, 0.2) is 48.7 Å². The number of benzene rings is 2. The Bertz CT molecular complexity index is 1320. The predicted molar refractivity (Wildman–Crippen MR) is 127 cm³/mol. The average Bonchev–Trinajstić information content (AvgIpc) is 3.39. The Hall–Kier alpha value is -3.70. The highest BCUT2D eigenvalue weighted by Gasteiger charge is 2.48. The van der Waals surface area contributed by atoms with Gasteiger partial charge in [0.05, 0.1) is 22.8 Å². The number of fused-ring (bicyclic) bond motifs is 1. The Morgan fingerprint density at radius 3 is 2.63 bits per heavy atom. The lowest BCUT2D eigenvalue weighted by molar-refractivity contribution is -0.124. The fraction of sp³-hybridized carbons (Fsp3) is 0.261. The highest BCUT2D eigenvalue weighted by Crippen LogP contribution is 2.32. The number of rotatable bonds is 5. The van der Waals surface area contributed by atoms with Gasteiger partial charge in [0.25, 0.3) is 0 Å². The van der Waals surface area contributed by atoms with E-state index in [1.54, 1.807) is 24.3 Å². The standard InChI is InChI=1S/C23H23ClF2N6O3/c24-15-6-3-4-13(19(15)25)9-29-20(33)18-8-23(26,11-27)12-32(18)22(35)30-16-10-31(21(28)34)17-7-2-1-5-14(16)17/h1-7,10,18H,8-9,11-12,27H2,(H2,28,34)(H,29,33)(H,30,35)/t18-,23-/m0/s1. The third-order valence-corrected chi connectivity index (χ3v) is 6.29. The largest absolute Gasteiger partial charge is 0.351 e. The van der Waals surface area contributed by atoms with E-state index in [1.165, 1.54) is 24.4 Å². The molecular formula is C23H23ClF2N6O3. The Balaban J connectivity index is 1.55. The molecule has 12 heteroatoms. The molecule has 1 saturated heterocycles. The Labute approximate surface area is 204 Å². The zero-order chi connectivity index (χ0) is 25.3. The van der Waals surface area contributed by atoms with Crippen LogP contribution < -0.4 is 22.1 Å². The Kier molecular flexibility index (Phi) is 6.64. The van der Waals surface area contributed by atoms with Gasteiger partial charge in [-0.3, -0.25) is 9.36 Å². The number of alkyl halides is 1. The van der Waals surface area contributed by atoms with E-state index in [0.29, 0.717) is 10.9 Å². The van der Waals surface area contributed by atoms with Crippen LogP contribution in [0.25, 0.3) is 10.9 Å². The van der Waals surface area contributed by atoms with Crippen molar-refractivity contribution in [2.24, 2.45) is 11.5 Å². The molecule has 184 valence electrons. The van der Waals surface area contributed by atoms with Crippen LogP contribution in [-0.4, -0.2) is 52.2 Å². The molecule has 0 bridgehead atoms. The summed E-state index contributed by atoms with van der Waals surface area (Å²) >= 11 is 5.77. The topological polar surface area (TPSA) is 135 Å². The summed E-state index contributed by atoms with van der Waals surface area (Å²) in [6.45, 7) is -1.02. The van der Waals surface area contributed by atoms with Crippen molar-refractivity contribution in [3.63, 3.8) is 0 Å². The van der Waals surface area contributed by atoms with E-state index in [2.05, 4.69) is 10.6 Å². The molecule has 0 unspecified atom stereocenters. The van der Waals surface area contributed by atoms with E-state index in [0.717, 1.165) is 9.47 Å². The third-order valence-electron chi connectivity index (χ3n) is 5.99. The van der Waals surface area contributed by atoms with Crippen LogP contribution in [0.2, 0.25) is 5.02 Å². The van der Waals surface area contributed by atoms with E-state index < -0.39 is 48.6 Å². The van der Waals surface area contributed by atoms with Crippen molar-refractivity contribution in [3.05, 3.63) is 65.1 Å². The van der Waals surface area contributed by atoms with Crippen molar-refractivity contribution in [3.8, 4) is 0 Å². The average molecular weight is 505 g/mol. The summed E-state index contributed by atoms with van der Waals surface area (Å²) < 4.78 is 30.5. The van der Waals surface area contributed by atoms with Crippen molar-refractivity contribution < 1.29 is 23.2 Å². The maximum atomic E-state index is 15.2. The molecule has 2 heterocycles. The zero-order valence-corrected chi connectivity index (χ0v) is 19.2. The van der Waals surface area contributed by atoms with Crippen molar-refractivity contribution >= 4 is 46.2 Å². The van der Waals surface area contributed by atoms with E-state index in [1.807, 2.05) is 0 Å². The first-order valence-electron chi connectivity index (χ1n) is 10.7. The van der Waals surface area contributed by atoms with E-state index in [4.69, 9.17) is 23.1 Å². The Morgan fingerprint density at radius 1 is 1.17 bits per heavy atom. The molecule has 0 saturated carbocycles. The number of halogens is 3. The summed E-state index contributed by atoms with van der Waals surface area (Å²) in [5.74, 6) is -1.35. The maximum absolute atomic E-state index is 15.2. The third kappa shape index (κ3) is 4.77. The van der Waals surface area contributed by atoms with Gasteiger partial charge in [-0.15, -0.1) is 0 Å². The quantitative estimate of drug-likeness (QED) is 0.424. The monoisotopic (exact) mass is 504 g/mol. The van der Waals surface area contributed by atoms with Crippen molar-refractivity contribution in [1.29, 1.82) is 0 Å². The number of hydrogen-bond donors (Lipinski definition) is 4. The molecule has 1 aromatic heterocycles. The first-order chi connectivity index (χ1) is 16.6. The maximum Gasteiger partial charge on any atom is 0.323 e. The molecule has 1 aliphatic heterocycles. The van der Waals surface area contributed by atoms with Gasteiger partial charge in [0.15, 0.2) is 0 Å². The van der Waals surface area contributed by atoms with Crippen LogP contribution in [0.5, 0.6) is 0 Å². The van der Waals surface area contributed by atoms with Crippen LogP contribution in [-0.2, 0) is 11.3 Å². The predicted octanol–water partition coefficient (Wildman–Crippen LogP) is 2.95. The molecule has 1 fully saturated rings. The molecule has 3 aromatic rings. The molecule has 6 N–H and O–H groups in total. The van der Waals surface area contributed by atoms with Crippen molar-refractivity contribution in [1.82, 2.24) is 14.8 Å². The van der Waals surface area contributed by atoms with Gasteiger partial charge in [0.2, 0.25) is 5.91 Å². The number of nitrogens with one attached hydrogen (secondary N) is 2. The zero-order valence-electron chi connectivity index (χ0n) is 18.4. The minimum absolute atomic E-state index is 0.0975. The number of likely N-dealkylation sites (tertiary alicyclic amines) is 1. The highest BCUT2D eigenvalue weighted by molar-refractivity contribution is 6.30. The number of carbonyl (C=O) groups excluding carboxylic acids is 3. The molecule has 4 amide bonds. The normalized spacial score (nSPS) is 19.7. The molecule has 2 aromatic carbocycles. The fourth-order valence-electron chi connectivity index (χ4n) is 4.17. The van der Waals surface area contributed by atoms with Crippen LogP contribution >= 0.6 is 11.6 Å². The molecule has 9 nitrogen and oxygen atoms in total. The van der Waals surface area contributed by atoms with E-state index >= 15 is 4.39 Å².